The van der Waals surface area contributed by atoms with Gasteiger partial charge in [-0.3, -0.25) is 9.59 Å². The van der Waals surface area contributed by atoms with Gasteiger partial charge in [0.25, 0.3) is 11.8 Å². The molecule has 1 aromatic carbocycles. The largest absolute Gasteiger partial charge is 0.491 e. The summed E-state index contributed by atoms with van der Waals surface area (Å²) in [6.45, 7) is 0.593. The predicted octanol–water partition coefficient (Wildman–Crippen LogP) is 3.99. The summed E-state index contributed by atoms with van der Waals surface area (Å²) in [6, 6.07) is 12.7. The van der Waals surface area contributed by atoms with Gasteiger partial charge in [0.05, 0.1) is 18.0 Å². The Morgan fingerprint density at radius 3 is 2.71 bits per heavy atom. The Hall–Kier alpha value is -4.22. The molecular weight excluding hydrogens is 565 g/mol. The highest BCUT2D eigenvalue weighted by molar-refractivity contribution is 6.31. The third kappa shape index (κ3) is 5.75. The number of imidazole rings is 1. The summed E-state index contributed by atoms with van der Waals surface area (Å²) in [4.78, 5) is 36.4. The summed E-state index contributed by atoms with van der Waals surface area (Å²) in [7, 11) is 1.56. The Morgan fingerprint density at radius 2 is 1.95 bits per heavy atom. The van der Waals surface area contributed by atoms with Crippen LogP contribution in [0, 0.1) is 5.82 Å². The second kappa shape index (κ2) is 11.9. The number of hydrogen-bond acceptors (Lipinski definition) is 7. The Kier molecular flexibility index (Phi) is 7.94. The van der Waals surface area contributed by atoms with Crippen molar-refractivity contribution in [2.45, 2.75) is 31.3 Å². The molecule has 4 aromatic rings. The summed E-state index contributed by atoms with van der Waals surface area (Å²) in [5, 5.41) is 2.83. The number of carbonyl (C=O) groups is 2. The predicted molar refractivity (Wildman–Crippen MR) is 151 cm³/mol. The fourth-order valence-corrected chi connectivity index (χ4v) is 5.26. The molecule has 2 aliphatic rings. The van der Waals surface area contributed by atoms with Gasteiger partial charge < -0.3 is 28.8 Å². The summed E-state index contributed by atoms with van der Waals surface area (Å²) >= 11 is 6.30. The van der Waals surface area contributed by atoms with Crippen LogP contribution in [0.2, 0.25) is 5.15 Å². The van der Waals surface area contributed by atoms with Crippen LogP contribution < -0.4 is 14.8 Å². The van der Waals surface area contributed by atoms with Crippen molar-refractivity contribution in [3.63, 3.8) is 0 Å². The van der Waals surface area contributed by atoms with E-state index in [1.165, 1.54) is 18.2 Å². The van der Waals surface area contributed by atoms with Crippen LogP contribution >= 0.6 is 11.6 Å². The minimum atomic E-state index is -0.766. The lowest BCUT2D eigenvalue weighted by Gasteiger charge is -2.36. The molecule has 1 fully saturated rings. The number of ether oxygens (including phenoxy) is 3. The number of aromatic nitrogens is 3. The van der Waals surface area contributed by atoms with Gasteiger partial charge in [-0.2, -0.15) is 0 Å². The lowest BCUT2D eigenvalue weighted by Crippen LogP contribution is -2.43. The molecule has 218 valence electrons. The number of rotatable bonds is 10. The van der Waals surface area contributed by atoms with E-state index in [0.717, 1.165) is 18.5 Å². The second-order valence-electron chi connectivity index (χ2n) is 10.2. The number of amides is 2. The molecule has 1 saturated carbocycles. The molecule has 42 heavy (non-hydrogen) atoms. The summed E-state index contributed by atoms with van der Waals surface area (Å²) < 4.78 is 33.9. The van der Waals surface area contributed by atoms with Crippen molar-refractivity contribution >= 4 is 29.1 Å². The highest BCUT2D eigenvalue weighted by Crippen LogP contribution is 2.38. The molecule has 1 unspecified atom stereocenters. The van der Waals surface area contributed by atoms with Crippen LogP contribution in [0.3, 0.4) is 0 Å². The molecule has 1 aliphatic heterocycles. The highest BCUT2D eigenvalue weighted by Gasteiger charge is 2.37. The Balaban J connectivity index is 1.26. The fourth-order valence-electron chi connectivity index (χ4n) is 5.05. The fraction of sp³-hybridized carbons (Fsp3) is 0.333. The van der Waals surface area contributed by atoms with E-state index in [1.54, 1.807) is 24.1 Å². The zero-order chi connectivity index (χ0) is 29.2. The van der Waals surface area contributed by atoms with Crippen molar-refractivity contribution in [1.82, 2.24) is 24.6 Å². The molecule has 6 rings (SSSR count). The van der Waals surface area contributed by atoms with Crippen LogP contribution in [-0.4, -0.2) is 70.6 Å². The molecule has 1 atom stereocenters. The quantitative estimate of drug-likeness (QED) is 0.219. The van der Waals surface area contributed by atoms with Gasteiger partial charge >= 0.3 is 0 Å². The maximum atomic E-state index is 15.7. The first kappa shape index (κ1) is 27.9. The summed E-state index contributed by atoms with van der Waals surface area (Å²) in [5.41, 5.74) is 2.69. The topological polar surface area (TPSA) is 107 Å². The van der Waals surface area contributed by atoms with Crippen molar-refractivity contribution in [1.29, 1.82) is 0 Å². The molecular formula is C30H29ClFN5O5. The van der Waals surface area contributed by atoms with Crippen LogP contribution in [0.25, 0.3) is 5.65 Å². The van der Waals surface area contributed by atoms with Gasteiger partial charge in [-0.1, -0.05) is 17.7 Å². The molecule has 1 aliphatic carbocycles. The van der Waals surface area contributed by atoms with Crippen LogP contribution in [0.1, 0.15) is 46.3 Å². The molecule has 0 saturated heterocycles. The lowest BCUT2D eigenvalue weighted by molar-refractivity contribution is -0.135. The molecule has 2 amide bonds. The molecule has 10 nitrogen and oxygen atoms in total. The van der Waals surface area contributed by atoms with Crippen molar-refractivity contribution in [2.24, 2.45) is 0 Å². The summed E-state index contributed by atoms with van der Waals surface area (Å²) in [6.07, 6.45) is 4.25. The smallest absolute Gasteiger partial charge is 0.270 e. The van der Waals surface area contributed by atoms with Crippen molar-refractivity contribution in [2.75, 3.05) is 33.5 Å². The van der Waals surface area contributed by atoms with E-state index in [1.807, 2.05) is 28.8 Å². The number of nitrogens with zero attached hydrogens (tertiary/aromatic N) is 4. The van der Waals surface area contributed by atoms with E-state index in [2.05, 4.69) is 10.3 Å². The average Bonchev–Trinajstić information content (AvgIpc) is 3.72. The SMILES string of the molecule is COCCOc1ccc(C2c3c(nc4ccccn34)CCN2C(=O)COc2ccc(C(=O)NC3CC3)nc2Cl)c(F)c1. The molecule has 0 bridgehead atoms. The molecule has 4 heterocycles. The number of fused-ring (bicyclic) bond motifs is 3. The normalized spacial score (nSPS) is 16.3. The van der Waals surface area contributed by atoms with E-state index >= 15 is 4.39 Å². The van der Waals surface area contributed by atoms with E-state index in [0.29, 0.717) is 42.2 Å². The first-order valence-electron chi connectivity index (χ1n) is 13.7. The van der Waals surface area contributed by atoms with Gasteiger partial charge in [-0.05, 0) is 49.2 Å². The van der Waals surface area contributed by atoms with Gasteiger partial charge in [0.1, 0.15) is 35.6 Å². The second-order valence-corrected chi connectivity index (χ2v) is 10.5. The summed E-state index contributed by atoms with van der Waals surface area (Å²) in [5.74, 6) is -0.664. The van der Waals surface area contributed by atoms with Crippen molar-refractivity contribution in [3.8, 4) is 11.5 Å². The maximum absolute atomic E-state index is 15.7. The van der Waals surface area contributed by atoms with E-state index in [4.69, 9.17) is 30.8 Å². The number of carbonyl (C=O) groups excluding carboxylic acids is 2. The molecule has 1 N–H and O–H groups in total. The van der Waals surface area contributed by atoms with Gasteiger partial charge in [0.15, 0.2) is 17.5 Å². The Morgan fingerprint density at radius 1 is 1.10 bits per heavy atom. The van der Waals surface area contributed by atoms with Gasteiger partial charge in [0.2, 0.25) is 0 Å². The minimum absolute atomic E-state index is 0.0272. The lowest BCUT2D eigenvalue weighted by atomic mass is 9.94. The number of methoxy groups -OCH3 is 1. The number of halogens is 2. The third-order valence-corrected chi connectivity index (χ3v) is 7.53. The van der Waals surface area contributed by atoms with E-state index < -0.39 is 11.9 Å². The van der Waals surface area contributed by atoms with E-state index in [9.17, 15) is 9.59 Å². The zero-order valence-electron chi connectivity index (χ0n) is 22.9. The first-order valence-corrected chi connectivity index (χ1v) is 14.1. The van der Waals surface area contributed by atoms with Gasteiger partial charge in [-0.15, -0.1) is 0 Å². The minimum Gasteiger partial charge on any atom is -0.491 e. The number of hydrogen-bond donors (Lipinski definition) is 1. The van der Waals surface area contributed by atoms with Gasteiger partial charge in [-0.25, -0.2) is 14.4 Å². The molecule has 0 spiro atoms. The number of nitrogens with one attached hydrogen (secondary N) is 1. The Bertz CT molecular complexity index is 1640. The van der Waals surface area contributed by atoms with Gasteiger partial charge in [0, 0.05) is 43.9 Å². The standard InChI is InChI=1S/C30H29ClFN5O5/c1-40-14-15-41-19-7-8-20(21(32)16-19)27-28-22(34-25-4-2-3-12-36(25)28)11-13-37(27)26(38)17-42-24-10-9-23(35-29(24)31)30(39)33-18-5-6-18/h2-4,7-10,12,16,18,27H,5-6,11,13-15,17H2,1H3,(H,33,39). The number of benzene rings is 1. The first-order chi connectivity index (χ1) is 20.4. The van der Waals surface area contributed by atoms with Crippen LogP contribution in [0.4, 0.5) is 4.39 Å². The van der Waals surface area contributed by atoms with E-state index in [-0.39, 0.29) is 47.7 Å². The number of pyridine rings is 2. The zero-order valence-corrected chi connectivity index (χ0v) is 23.6. The molecule has 0 radical (unpaired) electrons. The van der Waals surface area contributed by atoms with Crippen molar-refractivity contribution in [3.05, 3.63) is 88.3 Å². The molecule has 3 aromatic heterocycles. The van der Waals surface area contributed by atoms with Crippen LogP contribution in [0.5, 0.6) is 11.5 Å². The molecule has 12 heteroatoms. The monoisotopic (exact) mass is 593 g/mol. The highest BCUT2D eigenvalue weighted by atomic mass is 35.5. The van der Waals surface area contributed by atoms with Crippen LogP contribution in [-0.2, 0) is 16.0 Å². The Labute approximate surface area is 246 Å². The van der Waals surface area contributed by atoms with Crippen molar-refractivity contribution < 1.29 is 28.2 Å². The van der Waals surface area contributed by atoms with Crippen LogP contribution in [0.15, 0.2) is 54.7 Å². The average molecular weight is 594 g/mol. The third-order valence-electron chi connectivity index (χ3n) is 7.26. The maximum Gasteiger partial charge on any atom is 0.270 e.